The topological polar surface area (TPSA) is 63.6 Å². The van der Waals surface area contributed by atoms with Crippen molar-refractivity contribution in [1.29, 1.82) is 0 Å². The average molecular weight is 212 g/mol. The van der Waals surface area contributed by atoms with Gasteiger partial charge in [-0.3, -0.25) is 9.59 Å². The Bertz CT molecular complexity index is 291. The van der Waals surface area contributed by atoms with Crippen LogP contribution in [0.2, 0.25) is 0 Å². The molecule has 15 heavy (non-hydrogen) atoms. The first-order valence-corrected chi connectivity index (χ1v) is 5.00. The van der Waals surface area contributed by atoms with Gasteiger partial charge in [0.1, 0.15) is 0 Å². The van der Waals surface area contributed by atoms with E-state index in [1.54, 1.807) is 13.8 Å². The second-order valence-electron chi connectivity index (χ2n) is 4.28. The predicted molar refractivity (Wildman–Crippen MR) is 54.2 cm³/mol. The fraction of sp³-hybridized carbons (Fsp3) is 0.636. The van der Waals surface area contributed by atoms with E-state index in [0.29, 0.717) is 13.0 Å². The standard InChI is InChI=1S/C11H16O4/c1-11(2)8(7-9(12)13)5-3-4-6-15-10(11)14/h3,5,8H,4,6-7H2,1-2H3,(H,12,13)/b5-3-. The summed E-state index contributed by atoms with van der Waals surface area (Å²) in [6.07, 6.45) is 4.30. The van der Waals surface area contributed by atoms with Crippen LogP contribution in [0.5, 0.6) is 0 Å². The molecule has 84 valence electrons. The number of carboxylic acid groups (broad SMARTS) is 1. The van der Waals surface area contributed by atoms with Crippen molar-refractivity contribution >= 4 is 11.9 Å². The number of hydrogen-bond acceptors (Lipinski definition) is 3. The zero-order valence-corrected chi connectivity index (χ0v) is 9.03. The van der Waals surface area contributed by atoms with Crippen molar-refractivity contribution in [3.8, 4) is 0 Å². The van der Waals surface area contributed by atoms with Crippen LogP contribution in [0.4, 0.5) is 0 Å². The lowest BCUT2D eigenvalue weighted by Crippen LogP contribution is -2.36. The van der Waals surface area contributed by atoms with Crippen molar-refractivity contribution in [3.05, 3.63) is 12.2 Å². The van der Waals surface area contributed by atoms with E-state index in [1.807, 2.05) is 12.2 Å². The Kier molecular flexibility index (Phi) is 3.50. The first-order chi connectivity index (χ1) is 6.94. The molecule has 0 bridgehead atoms. The maximum atomic E-state index is 11.6. The van der Waals surface area contributed by atoms with E-state index in [0.717, 1.165) is 0 Å². The summed E-state index contributed by atoms with van der Waals surface area (Å²) in [4.78, 5) is 22.3. The molecule has 0 radical (unpaired) electrons. The Labute approximate surface area is 88.9 Å². The van der Waals surface area contributed by atoms with E-state index in [9.17, 15) is 9.59 Å². The number of cyclic esters (lactones) is 1. The molecule has 0 saturated heterocycles. The van der Waals surface area contributed by atoms with Crippen molar-refractivity contribution in [2.24, 2.45) is 11.3 Å². The van der Waals surface area contributed by atoms with E-state index >= 15 is 0 Å². The monoisotopic (exact) mass is 212 g/mol. The van der Waals surface area contributed by atoms with E-state index in [2.05, 4.69) is 0 Å². The third kappa shape index (κ3) is 2.81. The molecule has 0 aromatic heterocycles. The van der Waals surface area contributed by atoms with Gasteiger partial charge in [0.25, 0.3) is 0 Å². The molecule has 1 unspecified atom stereocenters. The number of carbonyl (C=O) groups excluding carboxylic acids is 1. The maximum Gasteiger partial charge on any atom is 0.312 e. The van der Waals surface area contributed by atoms with Crippen molar-refractivity contribution in [1.82, 2.24) is 0 Å². The average Bonchev–Trinajstić information content (AvgIpc) is 2.13. The quantitative estimate of drug-likeness (QED) is 0.558. The van der Waals surface area contributed by atoms with Crippen LogP contribution in [0.1, 0.15) is 26.7 Å². The molecule has 0 fully saturated rings. The summed E-state index contributed by atoms with van der Waals surface area (Å²) in [6.45, 7) is 3.82. The van der Waals surface area contributed by atoms with E-state index in [1.165, 1.54) is 0 Å². The van der Waals surface area contributed by atoms with Gasteiger partial charge in [-0.1, -0.05) is 12.2 Å². The highest BCUT2D eigenvalue weighted by atomic mass is 16.5. The number of carbonyl (C=O) groups is 2. The molecule has 1 aliphatic heterocycles. The summed E-state index contributed by atoms with van der Waals surface area (Å²) < 4.78 is 5.03. The first-order valence-electron chi connectivity index (χ1n) is 5.00. The van der Waals surface area contributed by atoms with Gasteiger partial charge in [0.2, 0.25) is 0 Å². The zero-order chi connectivity index (χ0) is 11.5. The molecule has 1 N–H and O–H groups in total. The molecule has 1 rings (SSSR count). The van der Waals surface area contributed by atoms with Gasteiger partial charge in [-0.15, -0.1) is 0 Å². The lowest BCUT2D eigenvalue weighted by Gasteiger charge is -2.30. The fourth-order valence-electron chi connectivity index (χ4n) is 1.57. The normalized spacial score (nSPS) is 27.3. The molecule has 4 heteroatoms. The lowest BCUT2D eigenvalue weighted by atomic mass is 9.76. The van der Waals surface area contributed by atoms with Crippen LogP contribution in [0.25, 0.3) is 0 Å². The molecule has 0 aromatic carbocycles. The van der Waals surface area contributed by atoms with Crippen molar-refractivity contribution in [3.63, 3.8) is 0 Å². The first kappa shape index (κ1) is 11.8. The second-order valence-corrected chi connectivity index (χ2v) is 4.28. The third-order valence-electron chi connectivity index (χ3n) is 2.73. The molecule has 0 saturated carbocycles. The highest BCUT2D eigenvalue weighted by Crippen LogP contribution is 2.33. The second kappa shape index (κ2) is 4.47. The van der Waals surface area contributed by atoms with Crippen LogP contribution >= 0.6 is 0 Å². The summed E-state index contributed by atoms with van der Waals surface area (Å²) >= 11 is 0. The number of hydrogen-bond donors (Lipinski definition) is 1. The van der Waals surface area contributed by atoms with Gasteiger partial charge in [0, 0.05) is 5.92 Å². The highest BCUT2D eigenvalue weighted by Gasteiger charge is 2.38. The molecule has 0 spiro atoms. The Morgan fingerprint density at radius 2 is 2.33 bits per heavy atom. The van der Waals surface area contributed by atoms with E-state index < -0.39 is 11.4 Å². The minimum atomic E-state index is -0.897. The minimum absolute atomic E-state index is 0.0431. The Morgan fingerprint density at radius 1 is 1.67 bits per heavy atom. The zero-order valence-electron chi connectivity index (χ0n) is 9.03. The van der Waals surface area contributed by atoms with Gasteiger partial charge >= 0.3 is 11.9 Å². The van der Waals surface area contributed by atoms with Gasteiger partial charge in [0.05, 0.1) is 18.4 Å². The summed E-state index contributed by atoms with van der Waals surface area (Å²) in [7, 11) is 0. The van der Waals surface area contributed by atoms with Gasteiger partial charge in [-0.25, -0.2) is 0 Å². The molecular weight excluding hydrogens is 196 g/mol. The highest BCUT2D eigenvalue weighted by molar-refractivity contribution is 5.78. The molecule has 1 heterocycles. The van der Waals surface area contributed by atoms with Gasteiger partial charge in [-0.2, -0.15) is 0 Å². The molecule has 0 aromatic rings. The van der Waals surface area contributed by atoms with Gasteiger partial charge < -0.3 is 9.84 Å². The number of ether oxygens (including phenoxy) is 1. The molecule has 1 aliphatic rings. The maximum absolute atomic E-state index is 11.6. The summed E-state index contributed by atoms with van der Waals surface area (Å²) in [6, 6.07) is 0. The Hall–Kier alpha value is -1.32. The van der Waals surface area contributed by atoms with E-state index in [-0.39, 0.29) is 18.3 Å². The Morgan fingerprint density at radius 3 is 2.93 bits per heavy atom. The van der Waals surface area contributed by atoms with Crippen molar-refractivity contribution in [2.75, 3.05) is 6.61 Å². The van der Waals surface area contributed by atoms with Crippen LogP contribution in [0, 0.1) is 11.3 Å². The van der Waals surface area contributed by atoms with Crippen LogP contribution in [0.3, 0.4) is 0 Å². The van der Waals surface area contributed by atoms with Crippen LogP contribution < -0.4 is 0 Å². The summed E-state index contributed by atoms with van der Waals surface area (Å²) in [5.41, 5.74) is -0.769. The van der Waals surface area contributed by atoms with Crippen molar-refractivity contribution in [2.45, 2.75) is 26.7 Å². The van der Waals surface area contributed by atoms with Crippen LogP contribution in [0.15, 0.2) is 12.2 Å². The molecular formula is C11H16O4. The SMILES string of the molecule is CC1(C)C(=O)OCC/C=C\C1CC(=O)O. The molecule has 4 nitrogen and oxygen atoms in total. The number of carboxylic acids is 1. The Balaban J connectivity index is 2.90. The number of esters is 1. The number of allylic oxidation sites excluding steroid dienone is 1. The largest absolute Gasteiger partial charge is 0.481 e. The summed E-state index contributed by atoms with van der Waals surface area (Å²) in [5.74, 6) is -1.52. The molecule has 1 atom stereocenters. The predicted octanol–water partition coefficient (Wildman–Crippen LogP) is 1.61. The molecule has 0 amide bonds. The van der Waals surface area contributed by atoms with Crippen LogP contribution in [-0.2, 0) is 14.3 Å². The molecule has 0 aliphatic carbocycles. The van der Waals surface area contributed by atoms with Crippen molar-refractivity contribution < 1.29 is 19.4 Å². The number of rotatable bonds is 2. The third-order valence-corrected chi connectivity index (χ3v) is 2.73. The summed E-state index contributed by atoms with van der Waals surface area (Å²) in [5, 5.41) is 8.76. The minimum Gasteiger partial charge on any atom is -0.481 e. The van der Waals surface area contributed by atoms with E-state index in [4.69, 9.17) is 9.84 Å². The number of aliphatic carboxylic acids is 1. The lowest BCUT2D eigenvalue weighted by molar-refractivity contribution is -0.157. The van der Waals surface area contributed by atoms with Crippen LogP contribution in [-0.4, -0.2) is 23.7 Å². The van der Waals surface area contributed by atoms with Gasteiger partial charge in [-0.05, 0) is 20.3 Å². The fourth-order valence-corrected chi connectivity index (χ4v) is 1.57. The van der Waals surface area contributed by atoms with Gasteiger partial charge in [0.15, 0.2) is 0 Å². The smallest absolute Gasteiger partial charge is 0.312 e.